The van der Waals surface area contributed by atoms with E-state index in [1.807, 2.05) is 33.1 Å². The van der Waals surface area contributed by atoms with Gasteiger partial charge in [-0.15, -0.1) is 0 Å². The van der Waals surface area contributed by atoms with E-state index in [0.29, 0.717) is 0 Å². The van der Waals surface area contributed by atoms with Gasteiger partial charge in [-0.25, -0.2) is 0 Å². The van der Waals surface area contributed by atoms with Gasteiger partial charge in [0.25, 0.3) is 0 Å². The van der Waals surface area contributed by atoms with Crippen LogP contribution >= 0.6 is 13.5 Å². The first-order chi connectivity index (χ1) is 7.70. The van der Waals surface area contributed by atoms with Crippen LogP contribution in [0.5, 0.6) is 0 Å². The van der Waals surface area contributed by atoms with Gasteiger partial charge in [0.15, 0.2) is 0 Å². The molecule has 0 aromatic heterocycles. The molecule has 0 amide bonds. The molecule has 0 aromatic carbocycles. The van der Waals surface area contributed by atoms with E-state index in [1.165, 1.54) is 5.57 Å². The Hall–Kier alpha value is -1.50. The summed E-state index contributed by atoms with van der Waals surface area (Å²) in [5.74, 6) is 0. The van der Waals surface area contributed by atoms with Crippen LogP contribution in [0.25, 0.3) is 0 Å². The Kier molecular flexibility index (Phi) is 21.8. The molecule has 104 valence electrons. The number of nitrogens with zero attached hydrogens (tertiary/aromatic N) is 1. The van der Waals surface area contributed by atoms with Crippen molar-refractivity contribution in [2.24, 2.45) is 4.99 Å². The van der Waals surface area contributed by atoms with Crippen molar-refractivity contribution >= 4 is 19.7 Å². The second-order valence-electron chi connectivity index (χ2n) is 3.22. The van der Waals surface area contributed by atoms with Crippen LogP contribution in [0, 0.1) is 13.3 Å². The topological polar surface area (TPSA) is 12.4 Å². The molecular weight excluding hydrogens is 493 g/mol. The van der Waals surface area contributed by atoms with Crippen LogP contribution in [-0.4, -0.2) is 11.8 Å². The molecular formula is C15H29NRfS-2. The first-order valence-corrected chi connectivity index (χ1v) is 6.15. The zero-order valence-electron chi connectivity index (χ0n) is 13.0. The Balaban J connectivity index is -0.000000149. The zero-order chi connectivity index (χ0) is 13.0. The van der Waals surface area contributed by atoms with Crippen LogP contribution in [0.4, 0.5) is 0 Å². The molecule has 0 fully saturated rings. The van der Waals surface area contributed by atoms with Gasteiger partial charge in [-0.3, -0.25) is 0 Å². The Morgan fingerprint density at radius 1 is 1.33 bits per heavy atom. The average molecular weight is 522 g/mol. The monoisotopic (exact) mass is 522 g/mol. The molecule has 18 heavy (non-hydrogen) atoms. The van der Waals surface area contributed by atoms with Crippen LogP contribution in [0.2, 0.25) is 0 Å². The largest absolute Gasteiger partial charge is 0.346 e. The molecule has 0 bridgehead atoms. The van der Waals surface area contributed by atoms with E-state index in [4.69, 9.17) is 0 Å². The average Bonchev–Trinajstić information content (AvgIpc) is 2.57. The van der Waals surface area contributed by atoms with Crippen molar-refractivity contribution in [3.05, 3.63) is 37.1 Å². The summed E-state index contributed by atoms with van der Waals surface area (Å²) >= 11 is 0. The third-order valence-corrected chi connectivity index (χ3v) is 2.22. The van der Waals surface area contributed by atoms with Gasteiger partial charge in [-0.2, -0.15) is 27.3 Å². The molecule has 0 saturated heterocycles. The van der Waals surface area contributed by atoms with E-state index in [-0.39, 0.29) is 19.0 Å². The van der Waals surface area contributed by atoms with Gasteiger partial charge in [-0.1, -0.05) is 45.4 Å². The summed E-state index contributed by atoms with van der Waals surface area (Å²) < 4.78 is 0. The Labute approximate surface area is 116 Å². The van der Waals surface area contributed by atoms with Gasteiger partial charge in [0, 0.05) is 6.21 Å². The normalized spacial score (nSPS) is 19.6. The fourth-order valence-corrected chi connectivity index (χ4v) is 1.21. The van der Waals surface area contributed by atoms with Crippen LogP contribution in [0.3, 0.4) is 0 Å². The maximum absolute atomic E-state index is 4.43. The summed E-state index contributed by atoms with van der Waals surface area (Å²) in [6.07, 6.45) is 11.4. The van der Waals surface area contributed by atoms with Crippen molar-refractivity contribution in [2.45, 2.75) is 53.5 Å². The summed E-state index contributed by atoms with van der Waals surface area (Å²) in [5, 5.41) is 0. The van der Waals surface area contributed by atoms with Gasteiger partial charge in [0.2, 0.25) is 0 Å². The second kappa shape index (κ2) is 15.5. The Morgan fingerprint density at radius 2 is 1.83 bits per heavy atom. The summed E-state index contributed by atoms with van der Waals surface area (Å²) in [6, 6.07) is 0. The first kappa shape index (κ1) is 25.4. The fourth-order valence-electron chi connectivity index (χ4n) is 1.21. The van der Waals surface area contributed by atoms with E-state index in [0.717, 1.165) is 6.42 Å². The van der Waals surface area contributed by atoms with Crippen LogP contribution in [-0.2, 0) is 0 Å². The zero-order valence-corrected chi connectivity index (χ0v) is 20.4. The van der Waals surface area contributed by atoms with Gasteiger partial charge < -0.3 is 18.3 Å². The molecule has 0 saturated carbocycles. The number of allylic oxidation sites excluding steroid dienone is 3. The van der Waals surface area contributed by atoms with E-state index in [2.05, 4.69) is 44.3 Å². The van der Waals surface area contributed by atoms with Crippen molar-refractivity contribution in [2.75, 3.05) is 0 Å². The minimum atomic E-state index is -0.102. The van der Waals surface area contributed by atoms with Crippen molar-refractivity contribution in [1.82, 2.24) is 0 Å². The molecule has 0 radical (unpaired) electrons. The molecule has 1 rings (SSSR count). The number of rotatable bonds is 2. The maximum Gasteiger partial charge on any atom is 0.0190 e. The SMILES string of the molecule is CC.C[CH-]C1(C)C=C(CC)C=CC=N1.S.[CH2-]C.[Rf]. The van der Waals surface area contributed by atoms with Crippen molar-refractivity contribution < 1.29 is 0 Å². The van der Waals surface area contributed by atoms with Gasteiger partial charge >= 0.3 is 0 Å². The summed E-state index contributed by atoms with van der Waals surface area (Å²) in [6.45, 7) is 15.3. The Bertz CT molecular complexity index is 247. The quantitative estimate of drug-likeness (QED) is 0.457. The number of aliphatic imine (C=N–C) groups is 1. The third kappa shape index (κ3) is 9.71. The van der Waals surface area contributed by atoms with Gasteiger partial charge in [0.1, 0.15) is 0 Å². The molecule has 1 aliphatic rings. The summed E-state index contributed by atoms with van der Waals surface area (Å²) in [7, 11) is 0. The van der Waals surface area contributed by atoms with E-state index < -0.39 is 0 Å². The molecule has 1 nitrogen and oxygen atoms in total. The van der Waals surface area contributed by atoms with Crippen molar-refractivity contribution in [3.8, 4) is 0 Å². The van der Waals surface area contributed by atoms with Gasteiger partial charge in [-0.05, 0) is 18.0 Å². The van der Waals surface area contributed by atoms with Crippen LogP contribution in [0.1, 0.15) is 48.0 Å². The molecule has 0 aliphatic carbocycles. The van der Waals surface area contributed by atoms with Crippen molar-refractivity contribution in [3.63, 3.8) is 0 Å². The van der Waals surface area contributed by atoms with Gasteiger partial charge in [0.05, 0.1) is 0 Å². The van der Waals surface area contributed by atoms with Crippen LogP contribution < -0.4 is 0 Å². The number of hydrogen-bond donors (Lipinski definition) is 0. The molecule has 0 N–H and O–H groups in total. The molecule has 1 atom stereocenters. The van der Waals surface area contributed by atoms with E-state index in [9.17, 15) is 0 Å². The fraction of sp³-hybridized carbons (Fsp3) is 0.533. The van der Waals surface area contributed by atoms with E-state index in [1.54, 1.807) is 6.92 Å². The molecule has 0 spiro atoms. The number of hydrogen-bond acceptors (Lipinski definition) is 1. The molecule has 1 unspecified atom stereocenters. The molecule has 0 aromatic rings. The summed E-state index contributed by atoms with van der Waals surface area (Å²) in [5.41, 5.74) is 1.25. The molecule has 3 heteroatoms. The maximum atomic E-state index is 4.43. The van der Waals surface area contributed by atoms with Crippen LogP contribution in [0.15, 0.2) is 28.8 Å². The second-order valence-corrected chi connectivity index (χ2v) is 3.22. The van der Waals surface area contributed by atoms with E-state index >= 15 is 0 Å². The predicted molar refractivity (Wildman–Crippen MR) is 87.1 cm³/mol. The predicted octanol–water partition coefficient (Wildman–Crippen LogP) is 4.93. The minimum absolute atomic E-state index is 0. The summed E-state index contributed by atoms with van der Waals surface area (Å²) in [4.78, 5) is 4.43. The third-order valence-electron chi connectivity index (χ3n) is 2.22. The minimum Gasteiger partial charge on any atom is -0.346 e. The smallest absolute Gasteiger partial charge is 0.0190 e. The molecule has 1 heterocycles. The molecule has 1 aliphatic heterocycles. The Morgan fingerprint density at radius 3 is 2.22 bits per heavy atom. The first-order valence-electron chi connectivity index (χ1n) is 6.15. The standard InChI is InChI=1S/C11H16N.C2H6.C2H5.Rf.H2S/c1-4-10-7-6-8-12-11(3,5-2)9-10;2*1-2;;/h5-9H,4H2,1-3H3;1-2H3;1H2,2H3;;1H2/q-1;;-1;;. The van der Waals surface area contributed by atoms with Crippen molar-refractivity contribution in [1.29, 1.82) is 0 Å².